The smallest absolute Gasteiger partial charge is 0.331 e. The van der Waals surface area contributed by atoms with E-state index in [1.165, 1.54) is 12.2 Å². The van der Waals surface area contributed by atoms with Gasteiger partial charge >= 0.3 is 12.0 Å². The van der Waals surface area contributed by atoms with E-state index in [0.29, 0.717) is 10.6 Å². The van der Waals surface area contributed by atoms with Gasteiger partial charge in [-0.3, -0.25) is 10.1 Å². The van der Waals surface area contributed by atoms with Gasteiger partial charge in [0.25, 0.3) is 5.91 Å². The quantitative estimate of drug-likeness (QED) is 0.640. The zero-order chi connectivity index (χ0) is 15.9. The topological polar surface area (TPSA) is 84.5 Å². The van der Waals surface area contributed by atoms with Crippen LogP contribution in [0.5, 0.6) is 0 Å². The lowest BCUT2D eigenvalue weighted by Crippen LogP contribution is -2.42. The van der Waals surface area contributed by atoms with Gasteiger partial charge in [0.2, 0.25) is 0 Å². The molecule has 0 aromatic heterocycles. The summed E-state index contributed by atoms with van der Waals surface area (Å²) in [5, 5.41) is 5.16. The lowest BCUT2D eigenvalue weighted by Gasteiger charge is -2.05. The minimum atomic E-state index is -0.697. The maximum Gasteiger partial charge on any atom is 0.331 e. The molecule has 0 heterocycles. The zero-order valence-electron chi connectivity index (χ0n) is 11.7. The van der Waals surface area contributed by atoms with E-state index >= 15 is 0 Å². The number of rotatable bonds is 5. The first-order valence-electron chi connectivity index (χ1n) is 6.74. The Morgan fingerprint density at radius 3 is 2.68 bits per heavy atom. The van der Waals surface area contributed by atoms with Gasteiger partial charge in [0.1, 0.15) is 0 Å². The zero-order valence-corrected chi connectivity index (χ0v) is 12.4. The van der Waals surface area contributed by atoms with Crippen LogP contribution in [0.25, 0.3) is 6.08 Å². The number of esters is 1. The van der Waals surface area contributed by atoms with Gasteiger partial charge in [-0.05, 0) is 30.5 Å². The average Bonchev–Trinajstić information content (AvgIpc) is 3.28. The predicted molar refractivity (Wildman–Crippen MR) is 81.1 cm³/mol. The first-order valence-corrected chi connectivity index (χ1v) is 7.12. The number of carbonyl (C=O) groups excluding carboxylic acids is 3. The molecule has 3 amide bonds. The van der Waals surface area contributed by atoms with Crippen molar-refractivity contribution in [2.75, 3.05) is 6.61 Å². The molecule has 22 heavy (non-hydrogen) atoms. The molecule has 0 bridgehead atoms. The SMILES string of the molecule is O=C(COC(=O)/C=C/c1ccccc1Cl)NC(=O)NC1CC1. The Morgan fingerprint density at radius 1 is 1.27 bits per heavy atom. The highest BCUT2D eigenvalue weighted by Gasteiger charge is 2.23. The van der Waals surface area contributed by atoms with Gasteiger partial charge in [-0.15, -0.1) is 0 Å². The molecule has 2 N–H and O–H groups in total. The minimum absolute atomic E-state index is 0.147. The fourth-order valence-electron chi connectivity index (χ4n) is 1.56. The molecule has 0 spiro atoms. The summed E-state index contributed by atoms with van der Waals surface area (Å²) in [5.74, 6) is -1.38. The van der Waals surface area contributed by atoms with Crippen LogP contribution in [0.3, 0.4) is 0 Å². The highest BCUT2D eigenvalue weighted by Crippen LogP contribution is 2.18. The summed E-state index contributed by atoms with van der Waals surface area (Å²) >= 11 is 5.93. The molecule has 1 saturated carbocycles. The summed E-state index contributed by atoms with van der Waals surface area (Å²) in [6.45, 7) is -0.524. The van der Waals surface area contributed by atoms with Gasteiger partial charge in [-0.1, -0.05) is 29.8 Å². The van der Waals surface area contributed by atoms with Crippen LogP contribution in [0.4, 0.5) is 4.79 Å². The Labute approximate surface area is 132 Å². The number of nitrogens with one attached hydrogen (secondary N) is 2. The van der Waals surface area contributed by atoms with Crippen LogP contribution in [0.15, 0.2) is 30.3 Å². The molecule has 0 saturated heterocycles. The number of hydrogen-bond acceptors (Lipinski definition) is 4. The number of carbonyl (C=O) groups is 3. The first kappa shape index (κ1) is 16.0. The summed E-state index contributed by atoms with van der Waals surface area (Å²) < 4.78 is 4.73. The lowest BCUT2D eigenvalue weighted by molar-refractivity contribution is -0.143. The fourth-order valence-corrected chi connectivity index (χ4v) is 1.76. The van der Waals surface area contributed by atoms with Gasteiger partial charge in [0.05, 0.1) is 0 Å². The second-order valence-electron chi connectivity index (χ2n) is 4.76. The number of amides is 3. The van der Waals surface area contributed by atoms with E-state index in [2.05, 4.69) is 10.6 Å². The van der Waals surface area contributed by atoms with Crippen molar-refractivity contribution in [3.63, 3.8) is 0 Å². The van der Waals surface area contributed by atoms with Crippen LogP contribution < -0.4 is 10.6 Å². The molecule has 116 valence electrons. The molecule has 1 aliphatic carbocycles. The van der Waals surface area contributed by atoms with Gasteiger partial charge in [-0.25, -0.2) is 9.59 Å². The summed E-state index contributed by atoms with van der Waals surface area (Å²) in [7, 11) is 0. The third-order valence-corrected chi connectivity index (χ3v) is 3.16. The molecule has 1 aromatic carbocycles. The van der Waals surface area contributed by atoms with Crippen LogP contribution in [-0.2, 0) is 14.3 Å². The maximum atomic E-state index is 11.5. The monoisotopic (exact) mass is 322 g/mol. The van der Waals surface area contributed by atoms with E-state index in [0.717, 1.165) is 12.8 Å². The molecule has 6 nitrogen and oxygen atoms in total. The van der Waals surface area contributed by atoms with Crippen LogP contribution in [0, 0.1) is 0 Å². The lowest BCUT2D eigenvalue weighted by atomic mass is 10.2. The molecule has 0 radical (unpaired) electrons. The number of imide groups is 1. The van der Waals surface area contributed by atoms with Gasteiger partial charge in [0.15, 0.2) is 6.61 Å². The molecule has 0 atom stereocenters. The second kappa shape index (κ2) is 7.61. The van der Waals surface area contributed by atoms with E-state index < -0.39 is 24.5 Å². The Kier molecular flexibility index (Phi) is 5.55. The molecule has 0 aliphatic heterocycles. The normalized spacial score (nSPS) is 13.7. The summed E-state index contributed by atoms with van der Waals surface area (Å²) in [6, 6.07) is 6.56. The van der Waals surface area contributed by atoms with E-state index in [4.69, 9.17) is 16.3 Å². The number of benzene rings is 1. The molecular weight excluding hydrogens is 308 g/mol. The number of urea groups is 1. The Balaban J connectivity index is 1.71. The molecule has 1 aromatic rings. The molecule has 7 heteroatoms. The van der Waals surface area contributed by atoms with Crippen molar-refractivity contribution in [3.8, 4) is 0 Å². The van der Waals surface area contributed by atoms with E-state index in [9.17, 15) is 14.4 Å². The van der Waals surface area contributed by atoms with Gasteiger partial charge < -0.3 is 10.1 Å². The highest BCUT2D eigenvalue weighted by atomic mass is 35.5. The average molecular weight is 323 g/mol. The first-order chi connectivity index (χ1) is 10.5. The van der Waals surface area contributed by atoms with Crippen LogP contribution in [0.1, 0.15) is 18.4 Å². The van der Waals surface area contributed by atoms with Crippen molar-refractivity contribution in [3.05, 3.63) is 40.9 Å². The van der Waals surface area contributed by atoms with E-state index in [-0.39, 0.29) is 6.04 Å². The second-order valence-corrected chi connectivity index (χ2v) is 5.17. The number of halogens is 1. The molecular formula is C15H15ClN2O4. The van der Waals surface area contributed by atoms with Crippen molar-refractivity contribution >= 4 is 35.6 Å². The van der Waals surface area contributed by atoms with Crippen LogP contribution in [0.2, 0.25) is 5.02 Å². The fraction of sp³-hybridized carbons (Fsp3) is 0.267. The Bertz CT molecular complexity index is 611. The molecule has 2 rings (SSSR count). The Hall–Kier alpha value is -2.34. The molecule has 1 fully saturated rings. The maximum absolute atomic E-state index is 11.5. The van der Waals surface area contributed by atoms with Gasteiger partial charge in [-0.2, -0.15) is 0 Å². The van der Waals surface area contributed by atoms with Gasteiger partial charge in [0, 0.05) is 17.1 Å². The highest BCUT2D eigenvalue weighted by molar-refractivity contribution is 6.32. The third-order valence-electron chi connectivity index (χ3n) is 2.82. The van der Waals surface area contributed by atoms with E-state index in [1.807, 2.05) is 0 Å². The number of hydrogen-bond donors (Lipinski definition) is 2. The van der Waals surface area contributed by atoms with Crippen molar-refractivity contribution < 1.29 is 19.1 Å². The standard InChI is InChI=1S/C15H15ClN2O4/c16-12-4-2-1-3-10(12)5-8-14(20)22-9-13(19)18-15(21)17-11-6-7-11/h1-5,8,11H,6-7,9H2,(H2,17,18,19,21)/b8-5+. The van der Waals surface area contributed by atoms with Crippen LogP contribution >= 0.6 is 11.6 Å². The third kappa shape index (κ3) is 5.57. The van der Waals surface area contributed by atoms with Crippen LogP contribution in [-0.4, -0.2) is 30.6 Å². The summed E-state index contributed by atoms with van der Waals surface area (Å²) in [6.07, 6.45) is 4.49. The number of ether oxygens (including phenoxy) is 1. The van der Waals surface area contributed by atoms with Crippen molar-refractivity contribution in [1.29, 1.82) is 0 Å². The minimum Gasteiger partial charge on any atom is -0.452 e. The predicted octanol–water partition coefficient (Wildman–Crippen LogP) is 1.88. The summed E-state index contributed by atoms with van der Waals surface area (Å²) in [4.78, 5) is 34.2. The molecule has 0 unspecified atom stereocenters. The van der Waals surface area contributed by atoms with E-state index in [1.54, 1.807) is 24.3 Å². The summed E-state index contributed by atoms with van der Waals surface area (Å²) in [5.41, 5.74) is 0.661. The molecule has 1 aliphatic rings. The van der Waals surface area contributed by atoms with Crippen molar-refractivity contribution in [1.82, 2.24) is 10.6 Å². The largest absolute Gasteiger partial charge is 0.452 e. The van der Waals surface area contributed by atoms with Crippen molar-refractivity contribution in [2.24, 2.45) is 0 Å². The van der Waals surface area contributed by atoms with Crippen molar-refractivity contribution in [2.45, 2.75) is 18.9 Å². The Morgan fingerprint density at radius 2 is 2.00 bits per heavy atom.